The summed E-state index contributed by atoms with van der Waals surface area (Å²) in [7, 11) is 3.19. The van der Waals surface area contributed by atoms with Crippen molar-refractivity contribution in [2.45, 2.75) is 26.2 Å². The van der Waals surface area contributed by atoms with Gasteiger partial charge in [0.05, 0.1) is 18.9 Å². The molecular weight excluding hydrogens is 402 g/mol. The predicted octanol–water partition coefficient (Wildman–Crippen LogP) is 3.10. The first kappa shape index (κ1) is 20.1. The van der Waals surface area contributed by atoms with Gasteiger partial charge in [0, 0.05) is 12.6 Å². The fourth-order valence-electron chi connectivity index (χ4n) is 4.34. The normalized spacial score (nSPS) is 11.6. The maximum absolute atomic E-state index is 12.8. The number of nitrogens with zero attached hydrogens (tertiary/aromatic N) is 4. The predicted molar refractivity (Wildman–Crippen MR) is 125 cm³/mol. The molecule has 0 amide bonds. The molecule has 0 bridgehead atoms. The summed E-state index contributed by atoms with van der Waals surface area (Å²) in [5.41, 5.74) is 4.55. The monoisotopic (exact) mass is 428 g/mol. The summed E-state index contributed by atoms with van der Waals surface area (Å²) in [5.74, 6) is 0.721. The molecule has 3 heterocycles. The van der Waals surface area contributed by atoms with E-state index in [9.17, 15) is 9.59 Å². The number of benzene rings is 2. The van der Waals surface area contributed by atoms with Crippen LogP contribution in [0.5, 0.6) is 0 Å². The molecular formula is C25H26N5O2+. The first-order chi connectivity index (χ1) is 15.5. The Morgan fingerprint density at radius 2 is 1.66 bits per heavy atom. The molecule has 7 heteroatoms. The third kappa shape index (κ3) is 3.00. The van der Waals surface area contributed by atoms with Crippen molar-refractivity contribution in [2.24, 2.45) is 14.1 Å². The molecule has 5 aromatic rings. The average molecular weight is 429 g/mol. The van der Waals surface area contributed by atoms with Gasteiger partial charge >= 0.3 is 11.5 Å². The van der Waals surface area contributed by atoms with Gasteiger partial charge in [-0.3, -0.25) is 14.3 Å². The van der Waals surface area contributed by atoms with Gasteiger partial charge in [-0.2, -0.15) is 4.40 Å². The number of hydrogen-bond acceptors (Lipinski definition) is 2. The number of aromatic nitrogens is 5. The van der Waals surface area contributed by atoms with E-state index in [-0.39, 0.29) is 11.2 Å². The van der Waals surface area contributed by atoms with Gasteiger partial charge in [-0.15, -0.1) is 0 Å². The van der Waals surface area contributed by atoms with Crippen molar-refractivity contribution in [3.05, 3.63) is 87.2 Å². The van der Waals surface area contributed by atoms with Crippen LogP contribution in [0.2, 0.25) is 0 Å². The lowest BCUT2D eigenvalue weighted by molar-refractivity contribution is -0.482. The van der Waals surface area contributed by atoms with Gasteiger partial charge in [0.1, 0.15) is 5.69 Å². The molecule has 1 N–H and O–H groups in total. The summed E-state index contributed by atoms with van der Waals surface area (Å²) in [6.45, 7) is 2.20. The zero-order chi connectivity index (χ0) is 22.4. The van der Waals surface area contributed by atoms with E-state index in [4.69, 9.17) is 0 Å². The third-order valence-electron chi connectivity index (χ3n) is 6.11. The van der Waals surface area contributed by atoms with Crippen LogP contribution >= 0.6 is 0 Å². The first-order valence-electron chi connectivity index (χ1n) is 10.9. The van der Waals surface area contributed by atoms with Crippen LogP contribution in [-0.4, -0.2) is 18.7 Å². The minimum Gasteiger partial charge on any atom is -0.265 e. The highest BCUT2D eigenvalue weighted by atomic mass is 16.2. The summed E-state index contributed by atoms with van der Waals surface area (Å²) in [5, 5.41) is 0. The van der Waals surface area contributed by atoms with Crippen LogP contribution in [0, 0.1) is 0 Å². The summed E-state index contributed by atoms with van der Waals surface area (Å²) in [6.07, 6.45) is 5.37. The first-order valence-corrected chi connectivity index (χ1v) is 10.9. The summed E-state index contributed by atoms with van der Waals surface area (Å²) in [6, 6.07) is 18.7. The van der Waals surface area contributed by atoms with Crippen molar-refractivity contribution < 1.29 is 4.40 Å². The quantitative estimate of drug-likeness (QED) is 0.437. The molecule has 0 saturated carbocycles. The minimum absolute atomic E-state index is 0.338. The van der Waals surface area contributed by atoms with Crippen molar-refractivity contribution in [1.29, 1.82) is 0 Å². The third-order valence-corrected chi connectivity index (χ3v) is 6.11. The fraction of sp³-hybridized carbons (Fsp3) is 0.240. The van der Waals surface area contributed by atoms with E-state index in [1.165, 1.54) is 17.2 Å². The molecule has 0 fully saturated rings. The molecule has 0 unspecified atom stereocenters. The second-order valence-electron chi connectivity index (χ2n) is 8.21. The van der Waals surface area contributed by atoms with Crippen LogP contribution in [0.1, 0.15) is 25.3 Å². The largest absolute Gasteiger partial charge is 0.374 e. The van der Waals surface area contributed by atoms with Crippen molar-refractivity contribution >= 4 is 16.9 Å². The molecule has 0 atom stereocenters. The van der Waals surface area contributed by atoms with E-state index in [1.807, 2.05) is 28.8 Å². The van der Waals surface area contributed by atoms with E-state index in [2.05, 4.69) is 52.9 Å². The number of fused-ring (bicyclic) bond motifs is 3. The standard InChI is InChI=1S/C25H25N5O2/c1-4-5-9-17-12-14-19(15-13-17)30-20(18-10-7-6-8-11-18)16-29-22-21(26-24(29)30)23(31)28(3)25(32)27(22)2/h6-8,10-16H,4-5,9H2,1-3H3/p+1. The number of hydrogen-bond donors (Lipinski definition) is 1. The van der Waals surface area contributed by atoms with Crippen LogP contribution in [-0.2, 0) is 20.5 Å². The molecule has 162 valence electrons. The second kappa shape index (κ2) is 7.67. The lowest BCUT2D eigenvalue weighted by Crippen LogP contribution is -2.39. The van der Waals surface area contributed by atoms with Gasteiger partial charge in [0.25, 0.3) is 11.2 Å². The van der Waals surface area contributed by atoms with Gasteiger partial charge in [-0.25, -0.2) is 13.9 Å². The van der Waals surface area contributed by atoms with Crippen LogP contribution in [0.15, 0.2) is 70.4 Å². The van der Waals surface area contributed by atoms with Gasteiger partial charge in [0.15, 0.2) is 0 Å². The fourth-order valence-corrected chi connectivity index (χ4v) is 4.34. The van der Waals surface area contributed by atoms with Gasteiger partial charge < -0.3 is 0 Å². The molecule has 0 saturated heterocycles. The molecule has 0 aliphatic rings. The number of unbranched alkanes of at least 4 members (excludes halogenated alkanes) is 1. The summed E-state index contributed by atoms with van der Waals surface area (Å²) < 4.78 is 6.63. The van der Waals surface area contributed by atoms with Crippen molar-refractivity contribution in [3.8, 4) is 16.9 Å². The zero-order valence-electron chi connectivity index (χ0n) is 18.5. The number of rotatable bonds is 5. The topological polar surface area (TPSA) is 68.8 Å². The summed E-state index contributed by atoms with van der Waals surface area (Å²) in [4.78, 5) is 28.7. The molecule has 7 nitrogen and oxygen atoms in total. The molecule has 32 heavy (non-hydrogen) atoms. The number of H-pyrrole nitrogens is 1. The van der Waals surface area contributed by atoms with Crippen LogP contribution < -0.4 is 15.6 Å². The van der Waals surface area contributed by atoms with Crippen molar-refractivity contribution in [1.82, 2.24) is 18.7 Å². The number of aromatic amines is 1. The minimum atomic E-state index is -0.356. The number of imidazole rings is 2. The van der Waals surface area contributed by atoms with E-state index in [1.54, 1.807) is 7.05 Å². The maximum Gasteiger partial charge on any atom is 0.374 e. The Hall–Kier alpha value is -3.87. The lowest BCUT2D eigenvalue weighted by atomic mass is 10.1. The van der Waals surface area contributed by atoms with Crippen LogP contribution in [0.25, 0.3) is 33.9 Å². The Labute approximate surface area is 184 Å². The van der Waals surface area contributed by atoms with E-state index >= 15 is 0 Å². The van der Waals surface area contributed by atoms with E-state index in [0.29, 0.717) is 11.2 Å². The van der Waals surface area contributed by atoms with Crippen LogP contribution in [0.3, 0.4) is 0 Å². The Morgan fingerprint density at radius 3 is 2.34 bits per heavy atom. The second-order valence-corrected chi connectivity index (χ2v) is 8.21. The maximum atomic E-state index is 12.8. The molecule has 0 aliphatic carbocycles. The highest BCUT2D eigenvalue weighted by Gasteiger charge is 2.26. The van der Waals surface area contributed by atoms with Crippen LogP contribution in [0.4, 0.5) is 0 Å². The summed E-state index contributed by atoms with van der Waals surface area (Å²) >= 11 is 0. The van der Waals surface area contributed by atoms with Gasteiger partial charge in [-0.1, -0.05) is 55.8 Å². The zero-order valence-corrected chi connectivity index (χ0v) is 18.5. The number of aryl methyl sites for hydroxylation is 2. The van der Waals surface area contributed by atoms with E-state index in [0.717, 1.165) is 46.6 Å². The van der Waals surface area contributed by atoms with Crippen molar-refractivity contribution in [2.75, 3.05) is 0 Å². The highest BCUT2D eigenvalue weighted by molar-refractivity contribution is 5.72. The molecule has 0 aliphatic heterocycles. The smallest absolute Gasteiger partial charge is 0.265 e. The molecule has 3 aromatic heterocycles. The SMILES string of the molecule is CCCCc1ccc(-n2c(-c3ccccc3)c[n+]3c2[nH]c2c(=O)n(C)c(=O)n(C)c23)cc1. The number of nitrogens with one attached hydrogen (secondary N) is 1. The molecule has 0 radical (unpaired) electrons. The lowest BCUT2D eigenvalue weighted by Gasteiger charge is -2.07. The van der Waals surface area contributed by atoms with Gasteiger partial charge in [0.2, 0.25) is 5.52 Å². The van der Waals surface area contributed by atoms with Crippen molar-refractivity contribution in [3.63, 3.8) is 0 Å². The Kier molecular flexibility index (Phi) is 4.81. The van der Waals surface area contributed by atoms with Gasteiger partial charge in [-0.05, 0) is 30.5 Å². The molecule has 2 aromatic carbocycles. The highest BCUT2D eigenvalue weighted by Crippen LogP contribution is 2.26. The average Bonchev–Trinajstić information content (AvgIpc) is 3.37. The Bertz CT molecular complexity index is 1550. The molecule has 0 spiro atoms. The Balaban J connectivity index is 1.83. The van der Waals surface area contributed by atoms with E-state index < -0.39 is 0 Å². The Morgan fingerprint density at radius 1 is 0.938 bits per heavy atom. The molecule has 5 rings (SSSR count).